The van der Waals surface area contributed by atoms with Crippen molar-refractivity contribution >= 4 is 15.8 Å². The molecule has 1 rings (SSSR count). The van der Waals surface area contributed by atoms with E-state index < -0.39 is 21.7 Å². The van der Waals surface area contributed by atoms with Gasteiger partial charge in [-0.3, -0.25) is 4.79 Å². The van der Waals surface area contributed by atoms with E-state index in [9.17, 15) is 13.2 Å². The van der Waals surface area contributed by atoms with Crippen molar-refractivity contribution in [1.82, 2.24) is 0 Å². The molecule has 1 saturated heterocycles. The summed E-state index contributed by atoms with van der Waals surface area (Å²) < 4.78 is 22.4. The lowest BCUT2D eigenvalue weighted by molar-refractivity contribution is -0.143. The van der Waals surface area contributed by atoms with Gasteiger partial charge in [0.05, 0.1) is 17.4 Å². The minimum atomic E-state index is -2.97. The van der Waals surface area contributed by atoms with Crippen LogP contribution in [0.4, 0.5) is 0 Å². The van der Waals surface area contributed by atoms with Crippen LogP contribution < -0.4 is 0 Å². The normalized spacial score (nSPS) is 32.7. The highest BCUT2D eigenvalue weighted by molar-refractivity contribution is 7.91. The van der Waals surface area contributed by atoms with E-state index in [1.165, 1.54) is 0 Å². The second-order valence-corrected chi connectivity index (χ2v) is 5.74. The molecule has 1 aliphatic heterocycles. The topological polar surface area (TPSA) is 71.4 Å². The summed E-state index contributed by atoms with van der Waals surface area (Å²) in [5, 5.41) is 8.82. The van der Waals surface area contributed by atoms with E-state index in [0.717, 1.165) is 0 Å². The highest BCUT2D eigenvalue weighted by Crippen LogP contribution is 2.27. The summed E-state index contributed by atoms with van der Waals surface area (Å²) in [5.74, 6) is -1.45. The number of aliphatic carboxylic acids is 1. The molecule has 0 aromatic rings. The molecule has 0 aromatic heterocycles. The monoisotopic (exact) mass is 206 g/mol. The van der Waals surface area contributed by atoms with Crippen molar-refractivity contribution in [2.24, 2.45) is 11.8 Å². The quantitative estimate of drug-likeness (QED) is 0.715. The van der Waals surface area contributed by atoms with Crippen LogP contribution in [0.15, 0.2) is 0 Å². The number of rotatable bonds is 2. The Morgan fingerprint density at radius 2 is 2.15 bits per heavy atom. The Bertz CT molecular complexity index is 293. The van der Waals surface area contributed by atoms with Gasteiger partial charge in [0.25, 0.3) is 0 Å². The fourth-order valence-electron chi connectivity index (χ4n) is 1.80. The van der Waals surface area contributed by atoms with Crippen molar-refractivity contribution in [1.29, 1.82) is 0 Å². The zero-order valence-corrected chi connectivity index (χ0v) is 8.38. The number of carboxylic acids is 1. The predicted octanol–water partition coefficient (Wildman–Crippen LogP) is 0.532. The standard InChI is InChI=1S/C8H14O4S/c1-2-6-5-13(11,12)4-3-7(6)8(9)10/h6-7H,2-5H2,1H3,(H,9,10). The van der Waals surface area contributed by atoms with Crippen molar-refractivity contribution in [2.75, 3.05) is 11.5 Å². The maximum absolute atomic E-state index is 11.2. The van der Waals surface area contributed by atoms with Crippen LogP contribution in [0, 0.1) is 11.8 Å². The van der Waals surface area contributed by atoms with Gasteiger partial charge in [-0.15, -0.1) is 0 Å². The van der Waals surface area contributed by atoms with Gasteiger partial charge >= 0.3 is 5.97 Å². The third-order valence-corrected chi connectivity index (χ3v) is 4.41. The van der Waals surface area contributed by atoms with E-state index in [0.29, 0.717) is 6.42 Å². The summed E-state index contributed by atoms with van der Waals surface area (Å²) in [6.07, 6.45) is 0.895. The maximum Gasteiger partial charge on any atom is 0.306 e. The first-order valence-electron chi connectivity index (χ1n) is 4.39. The third kappa shape index (κ3) is 2.43. The van der Waals surface area contributed by atoms with E-state index in [-0.39, 0.29) is 23.8 Å². The fraction of sp³-hybridized carbons (Fsp3) is 0.875. The molecule has 0 saturated carbocycles. The van der Waals surface area contributed by atoms with E-state index >= 15 is 0 Å². The first kappa shape index (κ1) is 10.5. The lowest BCUT2D eigenvalue weighted by atomic mass is 9.89. The molecule has 1 fully saturated rings. The first-order chi connectivity index (χ1) is 5.96. The van der Waals surface area contributed by atoms with Crippen LogP contribution in [0.1, 0.15) is 19.8 Å². The fourth-order valence-corrected chi connectivity index (χ4v) is 3.70. The summed E-state index contributed by atoms with van der Waals surface area (Å²) in [5.41, 5.74) is 0. The van der Waals surface area contributed by atoms with Crippen LogP contribution in [-0.2, 0) is 14.6 Å². The molecule has 1 heterocycles. The average molecular weight is 206 g/mol. The molecule has 4 nitrogen and oxygen atoms in total. The molecule has 0 amide bonds. The third-order valence-electron chi connectivity index (χ3n) is 2.62. The molecular weight excluding hydrogens is 192 g/mol. The molecule has 5 heteroatoms. The lowest BCUT2D eigenvalue weighted by Crippen LogP contribution is -2.36. The summed E-state index contributed by atoms with van der Waals surface area (Å²) in [6, 6.07) is 0. The summed E-state index contributed by atoms with van der Waals surface area (Å²) in [6.45, 7) is 1.83. The van der Waals surface area contributed by atoms with Crippen molar-refractivity contribution < 1.29 is 18.3 Å². The van der Waals surface area contributed by atoms with Gasteiger partial charge in [-0.05, 0) is 12.3 Å². The van der Waals surface area contributed by atoms with Gasteiger partial charge in [-0.1, -0.05) is 13.3 Å². The molecule has 0 aliphatic carbocycles. The van der Waals surface area contributed by atoms with Gasteiger partial charge < -0.3 is 5.11 Å². The minimum Gasteiger partial charge on any atom is -0.481 e. The summed E-state index contributed by atoms with van der Waals surface area (Å²) in [4.78, 5) is 10.7. The van der Waals surface area contributed by atoms with E-state index in [1.54, 1.807) is 0 Å². The average Bonchev–Trinajstić information content (AvgIpc) is 2.01. The zero-order chi connectivity index (χ0) is 10.1. The molecule has 1 aliphatic rings. The molecule has 76 valence electrons. The molecule has 2 unspecified atom stereocenters. The molecule has 1 N–H and O–H groups in total. The van der Waals surface area contributed by atoms with Crippen molar-refractivity contribution in [3.05, 3.63) is 0 Å². The second kappa shape index (κ2) is 3.65. The Hall–Kier alpha value is -0.580. The van der Waals surface area contributed by atoms with Crippen LogP contribution in [0.3, 0.4) is 0 Å². The van der Waals surface area contributed by atoms with Gasteiger partial charge in [0.2, 0.25) is 0 Å². The second-order valence-electron chi connectivity index (χ2n) is 3.52. The SMILES string of the molecule is CCC1CS(=O)(=O)CCC1C(=O)O. The first-order valence-corrected chi connectivity index (χ1v) is 6.21. The molecule has 0 bridgehead atoms. The molecule has 0 spiro atoms. The van der Waals surface area contributed by atoms with Gasteiger partial charge in [-0.2, -0.15) is 0 Å². The van der Waals surface area contributed by atoms with E-state index in [4.69, 9.17) is 5.11 Å². The van der Waals surface area contributed by atoms with Crippen molar-refractivity contribution in [2.45, 2.75) is 19.8 Å². The number of carbonyl (C=O) groups is 1. The number of carboxylic acid groups (broad SMARTS) is 1. The number of sulfone groups is 1. The highest BCUT2D eigenvalue weighted by Gasteiger charge is 2.35. The Morgan fingerprint density at radius 1 is 1.54 bits per heavy atom. The van der Waals surface area contributed by atoms with Crippen molar-refractivity contribution in [3.8, 4) is 0 Å². The lowest BCUT2D eigenvalue weighted by Gasteiger charge is -2.27. The Kier molecular flexibility index (Phi) is 2.95. The zero-order valence-electron chi connectivity index (χ0n) is 7.56. The molecule has 13 heavy (non-hydrogen) atoms. The Morgan fingerprint density at radius 3 is 2.62 bits per heavy atom. The van der Waals surface area contributed by atoms with Gasteiger partial charge in [0.15, 0.2) is 9.84 Å². The van der Waals surface area contributed by atoms with Gasteiger partial charge in [0, 0.05) is 0 Å². The maximum atomic E-state index is 11.2. The van der Waals surface area contributed by atoms with E-state index in [1.807, 2.05) is 6.92 Å². The van der Waals surface area contributed by atoms with E-state index in [2.05, 4.69) is 0 Å². The number of hydrogen-bond acceptors (Lipinski definition) is 3. The Labute approximate surface area is 77.9 Å². The van der Waals surface area contributed by atoms with Crippen LogP contribution in [0.25, 0.3) is 0 Å². The van der Waals surface area contributed by atoms with Crippen LogP contribution in [-0.4, -0.2) is 31.0 Å². The summed E-state index contributed by atoms with van der Waals surface area (Å²) in [7, 11) is -2.97. The minimum absolute atomic E-state index is 0.0282. The van der Waals surface area contributed by atoms with Gasteiger partial charge in [0.1, 0.15) is 0 Å². The molecule has 2 atom stereocenters. The predicted molar refractivity (Wildman–Crippen MR) is 48.2 cm³/mol. The highest BCUT2D eigenvalue weighted by atomic mass is 32.2. The van der Waals surface area contributed by atoms with Crippen LogP contribution in [0.2, 0.25) is 0 Å². The van der Waals surface area contributed by atoms with Crippen LogP contribution in [0.5, 0.6) is 0 Å². The van der Waals surface area contributed by atoms with Gasteiger partial charge in [-0.25, -0.2) is 8.42 Å². The number of hydrogen-bond donors (Lipinski definition) is 1. The molecule has 0 aromatic carbocycles. The van der Waals surface area contributed by atoms with Crippen LogP contribution >= 0.6 is 0 Å². The molecular formula is C8H14O4S. The smallest absolute Gasteiger partial charge is 0.306 e. The molecule has 0 radical (unpaired) electrons. The summed E-state index contributed by atoms with van der Waals surface area (Å²) >= 11 is 0. The Balaban J connectivity index is 2.77. The van der Waals surface area contributed by atoms with Crippen molar-refractivity contribution in [3.63, 3.8) is 0 Å². The largest absolute Gasteiger partial charge is 0.481 e.